The van der Waals surface area contributed by atoms with Gasteiger partial charge in [-0.3, -0.25) is 9.59 Å². The van der Waals surface area contributed by atoms with Crippen molar-refractivity contribution >= 4 is 23.2 Å². The van der Waals surface area contributed by atoms with Crippen LogP contribution in [0, 0.1) is 23.2 Å². The summed E-state index contributed by atoms with van der Waals surface area (Å²) in [4.78, 5) is 25.6. The number of carbonyl (C=O) groups excluding carboxylic acids is 2. The molecule has 0 atom stereocenters. The van der Waals surface area contributed by atoms with Crippen molar-refractivity contribution in [2.45, 2.75) is 51.4 Å². The number of nitrogens with one attached hydrogen (secondary N) is 2. The van der Waals surface area contributed by atoms with Crippen LogP contribution in [0.3, 0.4) is 0 Å². The van der Waals surface area contributed by atoms with Crippen molar-refractivity contribution in [1.82, 2.24) is 10.6 Å². The topological polar surface area (TPSA) is 58.2 Å². The first-order chi connectivity index (χ1) is 12.1. The Bertz CT molecular complexity index is 590. The van der Waals surface area contributed by atoms with Gasteiger partial charge in [0, 0.05) is 17.8 Å². The monoisotopic (exact) mass is 360 g/mol. The first-order valence-corrected chi connectivity index (χ1v) is 10.5. The fourth-order valence-corrected chi connectivity index (χ4v) is 6.64. The molecule has 0 aromatic carbocycles. The molecule has 4 aliphatic carbocycles. The molecule has 0 spiro atoms. The summed E-state index contributed by atoms with van der Waals surface area (Å²) in [7, 11) is 0. The second-order valence-electron chi connectivity index (χ2n) is 8.55. The van der Waals surface area contributed by atoms with E-state index in [0.717, 1.165) is 24.2 Å². The molecule has 0 radical (unpaired) electrons. The highest BCUT2D eigenvalue weighted by Crippen LogP contribution is 2.61. The molecule has 4 bridgehead atoms. The van der Waals surface area contributed by atoms with Gasteiger partial charge in [0.05, 0.1) is 6.54 Å². The zero-order chi connectivity index (χ0) is 17.3. The molecule has 4 nitrogen and oxygen atoms in total. The fraction of sp³-hybridized carbons (Fsp3) is 0.700. The average molecular weight is 361 g/mol. The number of hydrogen-bond donors (Lipinski definition) is 2. The molecule has 1 heterocycles. The predicted molar refractivity (Wildman–Crippen MR) is 99.3 cm³/mol. The quantitative estimate of drug-likeness (QED) is 0.785. The van der Waals surface area contributed by atoms with Crippen LogP contribution in [-0.2, 0) is 16.0 Å². The Labute approximate surface area is 153 Å². The normalized spacial score (nSPS) is 32.6. The molecule has 2 amide bonds. The first-order valence-electron chi connectivity index (χ1n) is 9.66. The lowest BCUT2D eigenvalue weighted by molar-refractivity contribution is -0.131. The van der Waals surface area contributed by atoms with Crippen molar-refractivity contribution in [1.29, 1.82) is 0 Å². The molecule has 25 heavy (non-hydrogen) atoms. The molecule has 4 aliphatic rings. The van der Waals surface area contributed by atoms with Crippen molar-refractivity contribution in [3.05, 3.63) is 22.4 Å². The molecule has 0 saturated heterocycles. The van der Waals surface area contributed by atoms with E-state index in [4.69, 9.17) is 0 Å². The third-order valence-corrected chi connectivity index (χ3v) is 7.36. The SMILES string of the molecule is O=C(CNC(=O)CC12CC3CC(CC(C3)C1)C2)NCCc1cccs1. The van der Waals surface area contributed by atoms with E-state index in [1.807, 2.05) is 11.4 Å². The molecule has 4 saturated carbocycles. The van der Waals surface area contributed by atoms with Crippen LogP contribution in [-0.4, -0.2) is 24.9 Å². The fourth-order valence-electron chi connectivity index (χ4n) is 5.93. The van der Waals surface area contributed by atoms with Crippen LogP contribution in [0.25, 0.3) is 0 Å². The van der Waals surface area contributed by atoms with Crippen molar-refractivity contribution in [2.75, 3.05) is 13.1 Å². The van der Waals surface area contributed by atoms with Crippen molar-refractivity contribution in [3.8, 4) is 0 Å². The molecule has 0 unspecified atom stereocenters. The Balaban J connectivity index is 1.18. The van der Waals surface area contributed by atoms with E-state index in [1.54, 1.807) is 11.3 Å². The second kappa shape index (κ2) is 7.10. The van der Waals surface area contributed by atoms with Gasteiger partial charge in [-0.15, -0.1) is 11.3 Å². The van der Waals surface area contributed by atoms with Crippen molar-refractivity contribution in [3.63, 3.8) is 0 Å². The van der Waals surface area contributed by atoms with E-state index in [2.05, 4.69) is 16.7 Å². The third-order valence-electron chi connectivity index (χ3n) is 6.42. The smallest absolute Gasteiger partial charge is 0.239 e. The lowest BCUT2D eigenvalue weighted by Gasteiger charge is -2.56. The van der Waals surface area contributed by atoms with Crippen LogP contribution in [0.4, 0.5) is 0 Å². The van der Waals surface area contributed by atoms with Gasteiger partial charge in [-0.1, -0.05) is 6.07 Å². The highest BCUT2D eigenvalue weighted by Gasteiger charge is 2.51. The molecule has 5 heteroatoms. The van der Waals surface area contributed by atoms with E-state index >= 15 is 0 Å². The molecule has 1 aromatic heterocycles. The van der Waals surface area contributed by atoms with Gasteiger partial charge in [-0.25, -0.2) is 0 Å². The summed E-state index contributed by atoms with van der Waals surface area (Å²) >= 11 is 1.70. The molecule has 4 fully saturated rings. The molecular weight excluding hydrogens is 332 g/mol. The summed E-state index contributed by atoms with van der Waals surface area (Å²) in [6.07, 6.45) is 9.37. The van der Waals surface area contributed by atoms with Crippen LogP contribution in [0.15, 0.2) is 17.5 Å². The van der Waals surface area contributed by atoms with E-state index in [-0.39, 0.29) is 23.8 Å². The molecule has 136 valence electrons. The van der Waals surface area contributed by atoms with Crippen LogP contribution >= 0.6 is 11.3 Å². The second-order valence-corrected chi connectivity index (χ2v) is 9.58. The number of rotatable bonds is 7. The maximum Gasteiger partial charge on any atom is 0.239 e. The minimum atomic E-state index is -0.0876. The molecular formula is C20H28N2O2S. The number of hydrogen-bond acceptors (Lipinski definition) is 3. The van der Waals surface area contributed by atoms with Crippen molar-refractivity contribution in [2.24, 2.45) is 23.2 Å². The summed E-state index contributed by atoms with van der Waals surface area (Å²) in [6.45, 7) is 0.736. The predicted octanol–water partition coefficient (Wildman–Crippen LogP) is 3.13. The minimum Gasteiger partial charge on any atom is -0.354 e. The lowest BCUT2D eigenvalue weighted by Crippen LogP contribution is -2.48. The molecule has 1 aromatic rings. The van der Waals surface area contributed by atoms with Gasteiger partial charge in [-0.05, 0) is 79.6 Å². The van der Waals surface area contributed by atoms with E-state index in [1.165, 1.54) is 43.4 Å². The van der Waals surface area contributed by atoms with Crippen LogP contribution < -0.4 is 10.6 Å². The number of amides is 2. The van der Waals surface area contributed by atoms with Crippen LogP contribution in [0.5, 0.6) is 0 Å². The van der Waals surface area contributed by atoms with Gasteiger partial charge in [0.25, 0.3) is 0 Å². The summed E-state index contributed by atoms with van der Waals surface area (Å²) in [6, 6.07) is 4.09. The van der Waals surface area contributed by atoms with Gasteiger partial charge in [0.2, 0.25) is 11.8 Å². The maximum absolute atomic E-state index is 12.4. The number of thiophene rings is 1. The summed E-state index contributed by atoms with van der Waals surface area (Å²) in [5.74, 6) is 2.56. The Morgan fingerprint density at radius 1 is 1.04 bits per heavy atom. The molecule has 5 rings (SSSR count). The van der Waals surface area contributed by atoms with E-state index in [0.29, 0.717) is 13.0 Å². The Kier molecular flexibility index (Phi) is 4.85. The van der Waals surface area contributed by atoms with Crippen molar-refractivity contribution < 1.29 is 9.59 Å². The average Bonchev–Trinajstić information content (AvgIpc) is 3.04. The third kappa shape index (κ3) is 4.08. The Hall–Kier alpha value is -1.36. The van der Waals surface area contributed by atoms with Gasteiger partial charge in [0.15, 0.2) is 0 Å². The van der Waals surface area contributed by atoms with Gasteiger partial charge >= 0.3 is 0 Å². The van der Waals surface area contributed by atoms with E-state index in [9.17, 15) is 9.59 Å². The zero-order valence-corrected chi connectivity index (χ0v) is 15.6. The van der Waals surface area contributed by atoms with Crippen LogP contribution in [0.1, 0.15) is 49.8 Å². The van der Waals surface area contributed by atoms with E-state index < -0.39 is 0 Å². The van der Waals surface area contributed by atoms with Gasteiger partial charge in [-0.2, -0.15) is 0 Å². The summed E-state index contributed by atoms with van der Waals surface area (Å²) in [5.41, 5.74) is 0.245. The zero-order valence-electron chi connectivity index (χ0n) is 14.8. The Morgan fingerprint density at radius 2 is 1.72 bits per heavy atom. The Morgan fingerprint density at radius 3 is 2.32 bits per heavy atom. The first kappa shape index (κ1) is 17.1. The summed E-state index contributed by atoms with van der Waals surface area (Å²) < 4.78 is 0. The van der Waals surface area contributed by atoms with Crippen LogP contribution in [0.2, 0.25) is 0 Å². The highest BCUT2D eigenvalue weighted by molar-refractivity contribution is 7.09. The summed E-state index contributed by atoms with van der Waals surface area (Å²) in [5, 5.41) is 7.78. The minimum absolute atomic E-state index is 0.0651. The molecule has 2 N–H and O–H groups in total. The largest absolute Gasteiger partial charge is 0.354 e. The highest BCUT2D eigenvalue weighted by atomic mass is 32.1. The van der Waals surface area contributed by atoms with Gasteiger partial charge in [0.1, 0.15) is 0 Å². The standard InChI is InChI=1S/C20H28N2O2S/c23-18(22-13-19(24)21-4-3-17-2-1-5-25-17)12-20-9-14-6-15(10-20)8-16(7-14)11-20/h1-2,5,14-16H,3-4,6-13H2,(H,21,24)(H,22,23). The number of carbonyl (C=O) groups is 2. The maximum atomic E-state index is 12.4. The molecule has 0 aliphatic heterocycles. The van der Waals surface area contributed by atoms with Gasteiger partial charge < -0.3 is 10.6 Å². The lowest BCUT2D eigenvalue weighted by atomic mass is 9.49.